The van der Waals surface area contributed by atoms with Gasteiger partial charge >= 0.3 is 0 Å². The SMILES string of the molecule is CC[C@H](CCc1nc2c(-c3ccc(-c4nc(C)c(C)[nH]4)nc3)cnn2c(N)c1C1CC1)N(C)C(=O)CO. The van der Waals surface area contributed by atoms with Crippen molar-refractivity contribution < 1.29 is 9.90 Å². The highest BCUT2D eigenvalue weighted by Gasteiger charge is 2.31. The largest absolute Gasteiger partial charge is 0.387 e. The topological polar surface area (TPSA) is 138 Å². The molecule has 37 heavy (non-hydrogen) atoms. The van der Waals surface area contributed by atoms with Gasteiger partial charge in [-0.1, -0.05) is 13.0 Å². The summed E-state index contributed by atoms with van der Waals surface area (Å²) in [6.07, 6.45) is 8.01. The Kier molecular flexibility index (Phi) is 6.68. The van der Waals surface area contributed by atoms with Gasteiger partial charge in [-0.05, 0) is 57.9 Å². The molecule has 1 fully saturated rings. The molecule has 4 aromatic rings. The van der Waals surface area contributed by atoms with E-state index < -0.39 is 6.61 Å². The van der Waals surface area contributed by atoms with E-state index >= 15 is 0 Å². The van der Waals surface area contributed by atoms with Crippen molar-refractivity contribution in [2.24, 2.45) is 0 Å². The maximum absolute atomic E-state index is 12.1. The quantitative estimate of drug-likeness (QED) is 0.319. The maximum atomic E-state index is 12.1. The molecule has 1 amide bonds. The molecule has 1 aliphatic rings. The number of nitrogens with two attached hydrogens (primary N) is 1. The number of H-pyrrole nitrogens is 1. The number of amides is 1. The first kappa shape index (κ1) is 24.9. The van der Waals surface area contributed by atoms with Crippen LogP contribution in [-0.4, -0.2) is 65.2 Å². The lowest BCUT2D eigenvalue weighted by Crippen LogP contribution is -2.38. The predicted octanol–water partition coefficient (Wildman–Crippen LogP) is 3.42. The third-order valence-electron chi connectivity index (χ3n) is 7.49. The highest BCUT2D eigenvalue weighted by molar-refractivity contribution is 5.79. The van der Waals surface area contributed by atoms with Gasteiger partial charge in [-0.2, -0.15) is 9.61 Å². The van der Waals surface area contributed by atoms with Crippen LogP contribution in [0.25, 0.3) is 28.3 Å². The van der Waals surface area contributed by atoms with Gasteiger partial charge in [-0.15, -0.1) is 0 Å². The van der Waals surface area contributed by atoms with E-state index in [2.05, 4.69) is 27.0 Å². The van der Waals surface area contributed by atoms with Crippen molar-refractivity contribution in [3.63, 3.8) is 0 Å². The summed E-state index contributed by atoms with van der Waals surface area (Å²) in [7, 11) is 1.75. The summed E-state index contributed by atoms with van der Waals surface area (Å²) in [4.78, 5) is 31.2. The number of pyridine rings is 1. The first-order valence-corrected chi connectivity index (χ1v) is 12.8. The number of aliphatic hydroxyl groups is 1. The zero-order chi connectivity index (χ0) is 26.3. The standard InChI is InChI=1S/C27H34N8O2/c1-5-19(34(4)23(37)14-36)9-11-21-24(17-6-7-17)25(28)35-27(33-21)20(13-30-35)18-8-10-22(29-12-18)26-31-15(2)16(3)32-26/h8,10,12-13,17,19,36H,5-7,9,11,14,28H2,1-4H3,(H,31,32)/t19-/m1/s1. The summed E-state index contributed by atoms with van der Waals surface area (Å²) in [5.74, 6) is 1.51. The number of anilines is 1. The van der Waals surface area contributed by atoms with Crippen LogP contribution in [0, 0.1) is 13.8 Å². The van der Waals surface area contributed by atoms with Crippen LogP contribution in [0.3, 0.4) is 0 Å². The van der Waals surface area contributed by atoms with Crippen molar-refractivity contribution >= 4 is 17.4 Å². The fourth-order valence-electron chi connectivity index (χ4n) is 4.94. The number of aliphatic hydroxyl groups excluding tert-OH is 1. The second kappa shape index (κ2) is 9.93. The lowest BCUT2D eigenvalue weighted by atomic mass is 10.0. The van der Waals surface area contributed by atoms with E-state index in [4.69, 9.17) is 10.7 Å². The van der Waals surface area contributed by atoms with Crippen molar-refractivity contribution in [1.29, 1.82) is 0 Å². The van der Waals surface area contributed by atoms with Crippen molar-refractivity contribution in [1.82, 2.24) is 34.4 Å². The lowest BCUT2D eigenvalue weighted by molar-refractivity contribution is -0.135. The van der Waals surface area contributed by atoms with Gasteiger partial charge in [0.05, 0.1) is 17.6 Å². The number of rotatable bonds is 9. The second-order valence-electron chi connectivity index (χ2n) is 9.92. The normalized spacial score (nSPS) is 14.3. The van der Waals surface area contributed by atoms with Crippen LogP contribution >= 0.6 is 0 Å². The van der Waals surface area contributed by atoms with Gasteiger partial charge in [0.1, 0.15) is 18.1 Å². The van der Waals surface area contributed by atoms with Crippen molar-refractivity contribution in [3.05, 3.63) is 47.2 Å². The molecule has 1 saturated carbocycles. The van der Waals surface area contributed by atoms with Crippen molar-refractivity contribution in [3.8, 4) is 22.6 Å². The molecule has 0 bridgehead atoms. The molecule has 0 aromatic carbocycles. The molecule has 0 radical (unpaired) electrons. The Morgan fingerprint density at radius 3 is 2.65 bits per heavy atom. The third kappa shape index (κ3) is 4.69. The number of likely N-dealkylation sites (N-methyl/N-ethyl adjacent to an activating group) is 1. The van der Waals surface area contributed by atoms with Crippen LogP contribution in [0.4, 0.5) is 5.82 Å². The van der Waals surface area contributed by atoms with Gasteiger partial charge in [0.2, 0.25) is 5.91 Å². The molecule has 10 nitrogen and oxygen atoms in total. The second-order valence-corrected chi connectivity index (χ2v) is 9.92. The van der Waals surface area contributed by atoms with E-state index in [1.54, 1.807) is 22.7 Å². The Balaban J connectivity index is 1.48. The highest BCUT2D eigenvalue weighted by Crippen LogP contribution is 2.45. The summed E-state index contributed by atoms with van der Waals surface area (Å²) in [5, 5.41) is 13.9. The average molecular weight is 503 g/mol. The molecule has 10 heteroatoms. The number of nitrogens with one attached hydrogen (secondary N) is 1. The van der Waals surface area contributed by atoms with Gasteiger partial charge in [0.15, 0.2) is 11.5 Å². The molecule has 4 aromatic heterocycles. The Bertz CT molecular complexity index is 1420. The van der Waals surface area contributed by atoms with E-state index in [1.807, 2.05) is 32.2 Å². The van der Waals surface area contributed by atoms with Crippen molar-refractivity contribution in [2.75, 3.05) is 19.4 Å². The minimum Gasteiger partial charge on any atom is -0.387 e. The molecule has 0 spiro atoms. The molecule has 0 unspecified atom stereocenters. The number of aryl methyl sites for hydroxylation is 3. The van der Waals surface area contributed by atoms with Gasteiger partial charge in [-0.25, -0.2) is 9.97 Å². The van der Waals surface area contributed by atoms with Crippen LogP contribution in [0.15, 0.2) is 24.5 Å². The van der Waals surface area contributed by atoms with E-state index in [9.17, 15) is 9.90 Å². The van der Waals surface area contributed by atoms with Gasteiger partial charge in [0, 0.05) is 41.7 Å². The predicted molar refractivity (Wildman–Crippen MR) is 142 cm³/mol. The minimum atomic E-state index is -0.484. The van der Waals surface area contributed by atoms with E-state index in [0.29, 0.717) is 23.8 Å². The molecule has 0 saturated heterocycles. The van der Waals surface area contributed by atoms with E-state index in [1.165, 1.54) is 0 Å². The zero-order valence-corrected chi connectivity index (χ0v) is 21.8. The summed E-state index contributed by atoms with van der Waals surface area (Å²) in [5.41, 5.74) is 13.9. The number of aromatic amines is 1. The fraction of sp³-hybridized carbons (Fsp3) is 0.444. The van der Waals surface area contributed by atoms with Gasteiger partial charge < -0.3 is 20.7 Å². The molecule has 5 rings (SSSR count). The Hall–Kier alpha value is -3.79. The molecule has 1 aliphatic carbocycles. The summed E-state index contributed by atoms with van der Waals surface area (Å²) in [6.45, 7) is 5.53. The number of nitrogen functional groups attached to an aromatic ring is 1. The molecule has 4 N–H and O–H groups in total. The summed E-state index contributed by atoms with van der Waals surface area (Å²) < 4.78 is 1.73. The Labute approximate surface area is 216 Å². The first-order valence-electron chi connectivity index (χ1n) is 12.8. The fourth-order valence-corrected chi connectivity index (χ4v) is 4.94. The minimum absolute atomic E-state index is 0.0148. The molecule has 1 atom stereocenters. The van der Waals surface area contributed by atoms with Crippen LogP contribution < -0.4 is 5.73 Å². The Morgan fingerprint density at radius 1 is 1.27 bits per heavy atom. The smallest absolute Gasteiger partial charge is 0.248 e. The number of fused-ring (bicyclic) bond motifs is 1. The molecular weight excluding hydrogens is 468 g/mol. The van der Waals surface area contributed by atoms with Crippen LogP contribution in [0.2, 0.25) is 0 Å². The number of hydrogen-bond donors (Lipinski definition) is 3. The number of aromatic nitrogens is 6. The van der Waals surface area contributed by atoms with Crippen LogP contribution in [-0.2, 0) is 11.2 Å². The van der Waals surface area contributed by atoms with E-state index in [-0.39, 0.29) is 11.9 Å². The number of imidazole rings is 1. The van der Waals surface area contributed by atoms with Gasteiger partial charge in [-0.3, -0.25) is 9.78 Å². The number of nitrogens with zero attached hydrogens (tertiary/aromatic N) is 6. The monoisotopic (exact) mass is 502 g/mol. The number of carbonyl (C=O) groups excluding carboxylic acids is 1. The van der Waals surface area contributed by atoms with Crippen LogP contribution in [0.1, 0.15) is 61.2 Å². The zero-order valence-electron chi connectivity index (χ0n) is 21.8. The number of hydrogen-bond acceptors (Lipinski definition) is 7. The first-order chi connectivity index (χ1) is 17.8. The molecular formula is C27H34N8O2. The van der Waals surface area contributed by atoms with Gasteiger partial charge in [0.25, 0.3) is 0 Å². The maximum Gasteiger partial charge on any atom is 0.248 e. The van der Waals surface area contributed by atoms with Crippen LogP contribution in [0.5, 0.6) is 0 Å². The number of carbonyl (C=O) groups is 1. The lowest BCUT2D eigenvalue weighted by Gasteiger charge is -2.27. The summed E-state index contributed by atoms with van der Waals surface area (Å²) >= 11 is 0. The molecule has 0 aliphatic heterocycles. The summed E-state index contributed by atoms with van der Waals surface area (Å²) in [6, 6.07) is 3.96. The molecule has 4 heterocycles. The Morgan fingerprint density at radius 2 is 2.05 bits per heavy atom. The van der Waals surface area contributed by atoms with Crippen molar-refractivity contribution in [2.45, 2.75) is 64.8 Å². The highest BCUT2D eigenvalue weighted by atomic mass is 16.3. The average Bonchev–Trinajstić information content (AvgIpc) is 3.56. The van der Waals surface area contributed by atoms with E-state index in [0.717, 1.165) is 71.0 Å². The molecule has 194 valence electrons. The third-order valence-corrected chi connectivity index (χ3v) is 7.49.